The number of carbonyl (C=O) groups is 1. The SMILES string of the molecule is COCN1C(=O)COc2ccc(-c3csc(C)n3)cc21. The van der Waals surface area contributed by atoms with Crippen molar-refractivity contribution in [2.24, 2.45) is 0 Å². The number of carbonyl (C=O) groups excluding carboxylic acids is 1. The third-order valence-corrected chi connectivity index (χ3v) is 3.85. The number of rotatable bonds is 3. The number of methoxy groups -OCH3 is 1. The summed E-state index contributed by atoms with van der Waals surface area (Å²) in [5, 5.41) is 3.02. The Balaban J connectivity index is 2.03. The molecule has 104 valence electrons. The molecule has 0 fully saturated rings. The predicted octanol–water partition coefficient (Wildman–Crippen LogP) is 2.45. The van der Waals surface area contributed by atoms with Gasteiger partial charge in [-0.3, -0.25) is 9.69 Å². The first-order valence-corrected chi connectivity index (χ1v) is 7.05. The third-order valence-electron chi connectivity index (χ3n) is 3.07. The van der Waals surface area contributed by atoms with Crippen LogP contribution in [-0.2, 0) is 9.53 Å². The lowest BCUT2D eigenvalue weighted by molar-refractivity contribution is -0.122. The van der Waals surface area contributed by atoms with Gasteiger partial charge in [-0.2, -0.15) is 0 Å². The van der Waals surface area contributed by atoms with Gasteiger partial charge in [-0.15, -0.1) is 11.3 Å². The Morgan fingerprint density at radius 2 is 2.35 bits per heavy atom. The van der Waals surface area contributed by atoms with Crippen molar-refractivity contribution in [1.82, 2.24) is 4.98 Å². The number of aryl methyl sites for hydroxylation is 1. The first kappa shape index (κ1) is 13.1. The minimum absolute atomic E-state index is 0.0471. The van der Waals surface area contributed by atoms with Crippen LogP contribution in [0.5, 0.6) is 5.75 Å². The van der Waals surface area contributed by atoms with Crippen molar-refractivity contribution in [3.63, 3.8) is 0 Å². The number of ether oxygens (including phenoxy) is 2. The number of nitrogens with zero attached hydrogens (tertiary/aromatic N) is 2. The summed E-state index contributed by atoms with van der Waals surface area (Å²) in [5.41, 5.74) is 2.60. The second kappa shape index (κ2) is 5.22. The molecule has 0 bridgehead atoms. The van der Waals surface area contributed by atoms with E-state index in [0.717, 1.165) is 22.0 Å². The van der Waals surface area contributed by atoms with Crippen molar-refractivity contribution >= 4 is 22.9 Å². The van der Waals surface area contributed by atoms with E-state index in [1.807, 2.05) is 30.5 Å². The van der Waals surface area contributed by atoms with Gasteiger partial charge in [0, 0.05) is 18.1 Å². The fourth-order valence-corrected chi connectivity index (χ4v) is 2.75. The monoisotopic (exact) mass is 290 g/mol. The van der Waals surface area contributed by atoms with Gasteiger partial charge < -0.3 is 9.47 Å². The van der Waals surface area contributed by atoms with Gasteiger partial charge in [0.25, 0.3) is 5.91 Å². The highest BCUT2D eigenvalue weighted by atomic mass is 32.1. The molecule has 3 rings (SSSR count). The summed E-state index contributed by atoms with van der Waals surface area (Å²) in [6.45, 7) is 2.23. The minimum atomic E-state index is -0.106. The van der Waals surface area contributed by atoms with Gasteiger partial charge in [-0.1, -0.05) is 0 Å². The molecule has 5 nitrogen and oxygen atoms in total. The van der Waals surface area contributed by atoms with E-state index in [-0.39, 0.29) is 19.2 Å². The molecule has 2 heterocycles. The number of anilines is 1. The van der Waals surface area contributed by atoms with Crippen LogP contribution in [0.4, 0.5) is 5.69 Å². The van der Waals surface area contributed by atoms with E-state index in [4.69, 9.17) is 9.47 Å². The number of amides is 1. The number of fused-ring (bicyclic) bond motifs is 1. The van der Waals surface area contributed by atoms with Crippen LogP contribution in [0.1, 0.15) is 5.01 Å². The molecule has 2 aromatic rings. The predicted molar refractivity (Wildman–Crippen MR) is 77.1 cm³/mol. The van der Waals surface area contributed by atoms with E-state index >= 15 is 0 Å². The lowest BCUT2D eigenvalue weighted by Crippen LogP contribution is -2.39. The van der Waals surface area contributed by atoms with Gasteiger partial charge in [0.05, 0.1) is 16.4 Å². The molecule has 1 aliphatic heterocycles. The Hall–Kier alpha value is -1.92. The highest BCUT2D eigenvalue weighted by Crippen LogP contribution is 2.36. The average Bonchev–Trinajstić information content (AvgIpc) is 2.88. The molecule has 0 unspecified atom stereocenters. The molecule has 1 aromatic carbocycles. The zero-order valence-electron chi connectivity index (χ0n) is 11.3. The fourth-order valence-electron chi connectivity index (χ4n) is 2.13. The summed E-state index contributed by atoms with van der Waals surface area (Å²) in [6.07, 6.45) is 0. The molecule has 0 radical (unpaired) electrons. The highest BCUT2D eigenvalue weighted by Gasteiger charge is 2.25. The molecule has 0 saturated heterocycles. The first-order valence-electron chi connectivity index (χ1n) is 6.17. The molecule has 1 aliphatic rings. The summed E-state index contributed by atoms with van der Waals surface area (Å²) in [5.74, 6) is 0.586. The molecule has 0 aliphatic carbocycles. The number of aromatic nitrogens is 1. The molecule has 1 amide bonds. The van der Waals surface area contributed by atoms with E-state index in [1.54, 1.807) is 23.3 Å². The standard InChI is InChI=1S/C14H14N2O3S/c1-9-15-11(7-20-9)10-3-4-13-12(5-10)16(8-18-2)14(17)6-19-13/h3-5,7H,6,8H2,1-2H3. The number of benzene rings is 1. The molecule has 0 spiro atoms. The van der Waals surface area contributed by atoms with Crippen LogP contribution in [0.25, 0.3) is 11.3 Å². The summed E-state index contributed by atoms with van der Waals surface area (Å²) in [4.78, 5) is 18.0. The second-order valence-electron chi connectivity index (χ2n) is 4.46. The van der Waals surface area contributed by atoms with E-state index in [9.17, 15) is 4.79 Å². The molecule has 20 heavy (non-hydrogen) atoms. The van der Waals surface area contributed by atoms with Gasteiger partial charge in [-0.25, -0.2) is 4.98 Å². The molecule has 0 atom stereocenters. The molecule has 6 heteroatoms. The second-order valence-corrected chi connectivity index (χ2v) is 5.52. The zero-order chi connectivity index (χ0) is 14.1. The lowest BCUT2D eigenvalue weighted by atomic mass is 10.1. The maximum atomic E-state index is 11.9. The number of hydrogen-bond donors (Lipinski definition) is 0. The van der Waals surface area contributed by atoms with E-state index in [2.05, 4.69) is 4.98 Å². The number of hydrogen-bond acceptors (Lipinski definition) is 5. The lowest BCUT2D eigenvalue weighted by Gasteiger charge is -2.28. The molecule has 0 saturated carbocycles. The summed E-state index contributed by atoms with van der Waals surface area (Å²) in [7, 11) is 1.57. The van der Waals surface area contributed by atoms with Crippen molar-refractivity contribution in [3.8, 4) is 17.0 Å². The van der Waals surface area contributed by atoms with Crippen LogP contribution >= 0.6 is 11.3 Å². The Labute approximate surface area is 120 Å². The largest absolute Gasteiger partial charge is 0.482 e. The van der Waals surface area contributed by atoms with Gasteiger partial charge in [0.15, 0.2) is 6.61 Å². The molecule has 1 aromatic heterocycles. The van der Waals surface area contributed by atoms with Crippen LogP contribution in [0.3, 0.4) is 0 Å². The summed E-state index contributed by atoms with van der Waals surface area (Å²) < 4.78 is 10.5. The van der Waals surface area contributed by atoms with Crippen molar-refractivity contribution in [2.75, 3.05) is 25.3 Å². The molecule has 0 N–H and O–H groups in total. The van der Waals surface area contributed by atoms with Crippen molar-refractivity contribution < 1.29 is 14.3 Å². The normalized spacial score (nSPS) is 14.1. The Morgan fingerprint density at radius 1 is 1.50 bits per heavy atom. The van der Waals surface area contributed by atoms with E-state index in [0.29, 0.717) is 5.75 Å². The van der Waals surface area contributed by atoms with E-state index in [1.165, 1.54) is 0 Å². The Kier molecular flexibility index (Phi) is 3.42. The number of thiazole rings is 1. The fraction of sp³-hybridized carbons (Fsp3) is 0.286. The van der Waals surface area contributed by atoms with Crippen LogP contribution in [0, 0.1) is 6.92 Å². The maximum Gasteiger partial charge on any atom is 0.266 e. The topological polar surface area (TPSA) is 51.7 Å². The average molecular weight is 290 g/mol. The Bertz CT molecular complexity index is 654. The van der Waals surface area contributed by atoms with Gasteiger partial charge >= 0.3 is 0 Å². The smallest absolute Gasteiger partial charge is 0.266 e. The summed E-state index contributed by atoms with van der Waals surface area (Å²) in [6, 6.07) is 5.74. The van der Waals surface area contributed by atoms with Crippen LogP contribution in [-0.4, -0.2) is 31.3 Å². The minimum Gasteiger partial charge on any atom is -0.482 e. The Morgan fingerprint density at radius 3 is 3.05 bits per heavy atom. The van der Waals surface area contributed by atoms with E-state index < -0.39 is 0 Å². The van der Waals surface area contributed by atoms with Gasteiger partial charge in [-0.05, 0) is 25.1 Å². The van der Waals surface area contributed by atoms with Gasteiger partial charge in [0.1, 0.15) is 12.5 Å². The molecular weight excluding hydrogens is 276 g/mol. The maximum absolute atomic E-state index is 11.9. The van der Waals surface area contributed by atoms with Crippen molar-refractivity contribution in [3.05, 3.63) is 28.6 Å². The van der Waals surface area contributed by atoms with Gasteiger partial charge in [0.2, 0.25) is 0 Å². The van der Waals surface area contributed by atoms with Crippen molar-refractivity contribution in [2.45, 2.75) is 6.92 Å². The first-order chi connectivity index (χ1) is 9.69. The van der Waals surface area contributed by atoms with Crippen LogP contribution in [0.2, 0.25) is 0 Å². The quantitative estimate of drug-likeness (QED) is 0.871. The summed E-state index contributed by atoms with van der Waals surface area (Å²) >= 11 is 1.60. The van der Waals surface area contributed by atoms with Crippen LogP contribution < -0.4 is 9.64 Å². The van der Waals surface area contributed by atoms with Crippen LogP contribution in [0.15, 0.2) is 23.6 Å². The molecular formula is C14H14N2O3S. The third kappa shape index (κ3) is 2.28. The van der Waals surface area contributed by atoms with Crippen molar-refractivity contribution in [1.29, 1.82) is 0 Å². The zero-order valence-corrected chi connectivity index (χ0v) is 12.1. The highest BCUT2D eigenvalue weighted by molar-refractivity contribution is 7.09.